The predicted octanol–water partition coefficient (Wildman–Crippen LogP) is -3.55. The van der Waals surface area contributed by atoms with E-state index in [4.69, 9.17) is 19.6 Å². The molecule has 0 radical (unpaired) electrons. The Kier molecular flexibility index (Phi) is 4.78. The summed E-state index contributed by atoms with van der Waals surface area (Å²) in [6, 6.07) is 0. The minimum atomic E-state index is -5.20. The Morgan fingerprint density at radius 1 is 1.30 bits per heavy atom. The number of nitrogens with zero attached hydrogens (tertiary/aromatic N) is 2. The molecule has 0 amide bonds. The molecule has 0 aliphatic carbocycles. The Balaban J connectivity index is 2.55. The molecule has 1 aliphatic rings. The van der Waals surface area contributed by atoms with E-state index in [1.807, 2.05) is 0 Å². The maximum absolute atomic E-state index is 12.2. The van der Waals surface area contributed by atoms with Gasteiger partial charge in [-0.3, -0.25) is 19.1 Å². The van der Waals surface area contributed by atoms with Crippen molar-refractivity contribution >= 4 is 7.82 Å². The fourth-order valence-electron chi connectivity index (χ4n) is 2.14. The third-order valence-electron chi connectivity index (χ3n) is 3.23. The molecule has 4 atom stereocenters. The van der Waals surface area contributed by atoms with E-state index in [-0.39, 0.29) is 10.3 Å². The van der Waals surface area contributed by atoms with Crippen LogP contribution in [0.4, 0.5) is 0 Å². The molecule has 1 fully saturated rings. The Morgan fingerprint density at radius 2 is 1.91 bits per heavy atom. The van der Waals surface area contributed by atoms with Crippen molar-refractivity contribution in [2.45, 2.75) is 31.5 Å². The van der Waals surface area contributed by atoms with E-state index in [9.17, 15) is 24.4 Å². The molecule has 13 heteroatoms. The average Bonchev–Trinajstić information content (AvgIpc) is 2.74. The summed E-state index contributed by atoms with van der Waals surface area (Å²) >= 11 is 0. The standard InChI is InChI=1S/C10H15N2O10P/c1-4-2-11(9-7(15)6(14)5(3-13)21-9)10(17)12(8(4)16)22-23(18,19)20/h2,5-7,9,13-15H,3H2,1H3,(H2,18,19,20)/t5-,6-,7-,9-/m1/s1. The van der Waals surface area contributed by atoms with Gasteiger partial charge >= 0.3 is 13.5 Å². The molecule has 0 unspecified atom stereocenters. The van der Waals surface area contributed by atoms with Crippen molar-refractivity contribution < 1.29 is 39.0 Å². The van der Waals surface area contributed by atoms with Crippen LogP contribution in [0.25, 0.3) is 0 Å². The van der Waals surface area contributed by atoms with Crippen molar-refractivity contribution in [3.05, 3.63) is 32.6 Å². The van der Waals surface area contributed by atoms with Crippen molar-refractivity contribution in [2.75, 3.05) is 6.61 Å². The zero-order valence-electron chi connectivity index (χ0n) is 11.7. The summed E-state index contributed by atoms with van der Waals surface area (Å²) in [5.41, 5.74) is -2.59. The number of rotatable bonds is 4. The van der Waals surface area contributed by atoms with Crippen molar-refractivity contribution in [1.82, 2.24) is 9.30 Å². The van der Waals surface area contributed by atoms with E-state index in [2.05, 4.69) is 4.62 Å². The van der Waals surface area contributed by atoms with Crippen LogP contribution in [0.2, 0.25) is 0 Å². The number of aromatic nitrogens is 2. The van der Waals surface area contributed by atoms with Gasteiger partial charge in [0, 0.05) is 11.8 Å². The highest BCUT2D eigenvalue weighted by atomic mass is 31.2. The lowest BCUT2D eigenvalue weighted by Crippen LogP contribution is -2.46. The molecule has 1 aliphatic heterocycles. The Morgan fingerprint density at radius 3 is 2.39 bits per heavy atom. The molecule has 2 heterocycles. The van der Waals surface area contributed by atoms with E-state index in [0.717, 1.165) is 6.20 Å². The number of hydrogen-bond donors (Lipinski definition) is 5. The second-order valence-corrected chi connectivity index (χ2v) is 6.05. The second-order valence-electron chi connectivity index (χ2n) is 4.90. The van der Waals surface area contributed by atoms with Crippen molar-refractivity contribution in [3.8, 4) is 0 Å². The van der Waals surface area contributed by atoms with Crippen LogP contribution in [-0.4, -0.2) is 59.3 Å². The van der Waals surface area contributed by atoms with Crippen LogP contribution in [-0.2, 0) is 9.30 Å². The van der Waals surface area contributed by atoms with E-state index >= 15 is 0 Å². The third-order valence-corrected chi connectivity index (χ3v) is 3.60. The zero-order valence-corrected chi connectivity index (χ0v) is 12.6. The van der Waals surface area contributed by atoms with Crippen LogP contribution >= 0.6 is 7.82 Å². The van der Waals surface area contributed by atoms with Crippen molar-refractivity contribution in [2.24, 2.45) is 0 Å². The van der Waals surface area contributed by atoms with E-state index in [0.29, 0.717) is 4.57 Å². The SMILES string of the molecule is Cc1cn([C@@H]2O[C@H](CO)[C@@H](O)[C@H]2O)c(=O)n(OP(=O)(O)O)c1=O. The highest BCUT2D eigenvalue weighted by Gasteiger charge is 2.44. The second kappa shape index (κ2) is 6.17. The molecule has 1 saturated heterocycles. The summed E-state index contributed by atoms with van der Waals surface area (Å²) in [4.78, 5) is 41.5. The average molecular weight is 354 g/mol. The van der Waals surface area contributed by atoms with Crippen molar-refractivity contribution in [1.29, 1.82) is 0 Å². The predicted molar refractivity (Wildman–Crippen MR) is 71.3 cm³/mol. The lowest BCUT2D eigenvalue weighted by molar-refractivity contribution is -0.0572. The number of aliphatic hydroxyl groups excluding tert-OH is 3. The molecule has 1 aromatic rings. The van der Waals surface area contributed by atoms with Crippen LogP contribution in [0.5, 0.6) is 0 Å². The smallest absolute Gasteiger partial charge is 0.394 e. The van der Waals surface area contributed by atoms with Gasteiger partial charge in [0.25, 0.3) is 5.56 Å². The van der Waals surface area contributed by atoms with E-state index in [1.54, 1.807) is 0 Å². The molecule has 0 spiro atoms. The number of ether oxygens (including phenoxy) is 1. The van der Waals surface area contributed by atoms with Crippen molar-refractivity contribution in [3.63, 3.8) is 0 Å². The fraction of sp³-hybridized carbons (Fsp3) is 0.600. The maximum Gasteiger partial charge on any atom is 0.544 e. The lowest BCUT2D eigenvalue weighted by atomic mass is 10.1. The van der Waals surface area contributed by atoms with Gasteiger partial charge in [-0.2, -0.15) is 0 Å². The summed E-state index contributed by atoms with van der Waals surface area (Å²) in [7, 11) is -5.20. The fourth-order valence-corrected chi connectivity index (χ4v) is 2.50. The largest absolute Gasteiger partial charge is 0.544 e. The van der Waals surface area contributed by atoms with Gasteiger partial charge in [-0.25, -0.2) is 9.36 Å². The van der Waals surface area contributed by atoms with Gasteiger partial charge in [0.05, 0.1) is 6.61 Å². The molecule has 0 bridgehead atoms. The maximum atomic E-state index is 12.2. The van der Waals surface area contributed by atoms with Crippen LogP contribution in [0.15, 0.2) is 15.8 Å². The summed E-state index contributed by atoms with van der Waals surface area (Å²) in [5, 5.41) is 28.6. The first-order valence-corrected chi connectivity index (χ1v) is 7.82. The third kappa shape index (κ3) is 3.38. The zero-order chi connectivity index (χ0) is 17.5. The van der Waals surface area contributed by atoms with Gasteiger partial charge in [-0.15, -0.1) is 0 Å². The van der Waals surface area contributed by atoms with Gasteiger partial charge in [-0.1, -0.05) is 4.73 Å². The van der Waals surface area contributed by atoms with Crippen LogP contribution < -0.4 is 15.9 Å². The van der Waals surface area contributed by atoms with Gasteiger partial charge < -0.3 is 24.7 Å². The van der Waals surface area contributed by atoms with E-state index in [1.165, 1.54) is 6.92 Å². The monoisotopic (exact) mass is 354 g/mol. The lowest BCUT2D eigenvalue weighted by Gasteiger charge is -2.19. The Bertz CT molecular complexity index is 751. The molecule has 130 valence electrons. The summed E-state index contributed by atoms with van der Waals surface area (Å²) in [5.74, 6) is 0. The minimum absolute atomic E-state index is 0.143. The summed E-state index contributed by atoms with van der Waals surface area (Å²) < 4.78 is 20.5. The molecular formula is C10H15N2O10P. The first-order valence-electron chi connectivity index (χ1n) is 6.29. The molecule has 5 N–H and O–H groups in total. The Hall–Kier alpha value is -1.53. The number of aryl methyl sites for hydroxylation is 1. The number of phosphoric acid groups is 1. The topological polar surface area (TPSA) is 181 Å². The highest BCUT2D eigenvalue weighted by Crippen LogP contribution is 2.31. The molecule has 23 heavy (non-hydrogen) atoms. The summed E-state index contributed by atoms with van der Waals surface area (Å²) in [6.45, 7) is 0.597. The summed E-state index contributed by atoms with van der Waals surface area (Å²) in [6.07, 6.45) is -4.80. The van der Waals surface area contributed by atoms with E-state index < -0.39 is 50.2 Å². The number of aliphatic hydroxyl groups is 3. The Labute approximate surface area is 127 Å². The van der Waals surface area contributed by atoms with Crippen LogP contribution in [0.1, 0.15) is 11.8 Å². The van der Waals surface area contributed by atoms with Crippen LogP contribution in [0.3, 0.4) is 0 Å². The first kappa shape index (κ1) is 17.8. The number of hydrogen-bond acceptors (Lipinski definition) is 8. The molecule has 0 saturated carbocycles. The highest BCUT2D eigenvalue weighted by molar-refractivity contribution is 7.46. The molecule has 0 aromatic carbocycles. The van der Waals surface area contributed by atoms with Gasteiger partial charge in [0.2, 0.25) is 0 Å². The van der Waals surface area contributed by atoms with Crippen LogP contribution in [0, 0.1) is 6.92 Å². The van der Waals surface area contributed by atoms with Gasteiger partial charge in [0.15, 0.2) is 6.23 Å². The normalized spacial score (nSPS) is 28.1. The van der Waals surface area contributed by atoms with Gasteiger partial charge in [-0.05, 0) is 6.92 Å². The van der Waals surface area contributed by atoms with Gasteiger partial charge in [0.1, 0.15) is 18.3 Å². The molecular weight excluding hydrogens is 339 g/mol. The first-order chi connectivity index (χ1) is 10.6. The minimum Gasteiger partial charge on any atom is -0.394 e. The molecule has 12 nitrogen and oxygen atoms in total. The molecule has 2 rings (SSSR count). The molecule has 1 aromatic heterocycles. The quantitative estimate of drug-likeness (QED) is 0.340.